The first-order valence-electron chi connectivity index (χ1n) is 10.1. The van der Waals surface area contributed by atoms with Crippen LogP contribution in [-0.2, 0) is 19.4 Å². The van der Waals surface area contributed by atoms with Crippen LogP contribution in [0.15, 0.2) is 53.2 Å². The van der Waals surface area contributed by atoms with E-state index in [9.17, 15) is 0 Å². The quantitative estimate of drug-likeness (QED) is 0.395. The van der Waals surface area contributed by atoms with Crippen molar-refractivity contribution in [3.05, 3.63) is 64.6 Å². The van der Waals surface area contributed by atoms with Crippen LogP contribution in [0, 0.1) is 0 Å². The zero-order valence-corrected chi connectivity index (χ0v) is 17.9. The third kappa shape index (κ3) is 6.39. The lowest BCUT2D eigenvalue weighted by molar-refractivity contribution is 0.595. The Hall–Kier alpha value is -2.74. The topological polar surface area (TPSA) is 80.0 Å². The molecule has 0 saturated heterocycles. The predicted molar refractivity (Wildman–Crippen MR) is 118 cm³/mol. The number of nitrogens with zero attached hydrogens (tertiary/aromatic N) is 5. The van der Waals surface area contributed by atoms with E-state index in [1.165, 1.54) is 4.88 Å². The molecule has 0 fully saturated rings. The Balaban J connectivity index is 1.62. The normalized spacial score (nSPS) is 12.7. The van der Waals surface area contributed by atoms with Gasteiger partial charge in [-0.15, -0.1) is 21.5 Å². The average Bonchev–Trinajstić information content (AvgIpc) is 3.44. The van der Waals surface area contributed by atoms with Crippen molar-refractivity contribution < 1.29 is 0 Å². The van der Waals surface area contributed by atoms with E-state index in [2.05, 4.69) is 61.7 Å². The zero-order chi connectivity index (χ0) is 20.3. The average molecular weight is 412 g/mol. The van der Waals surface area contributed by atoms with Crippen LogP contribution in [0.25, 0.3) is 0 Å². The van der Waals surface area contributed by atoms with Gasteiger partial charge in [-0.25, -0.2) is 0 Å². The summed E-state index contributed by atoms with van der Waals surface area (Å²) >= 11 is 1.77. The summed E-state index contributed by atoms with van der Waals surface area (Å²) in [7, 11) is 0. The second-order valence-corrected chi connectivity index (χ2v) is 7.62. The first kappa shape index (κ1) is 21.0. The Morgan fingerprint density at radius 2 is 2.17 bits per heavy atom. The lowest BCUT2D eigenvalue weighted by atomic mass is 10.2. The number of rotatable bonds is 10. The summed E-state index contributed by atoms with van der Waals surface area (Å²) in [5, 5.41) is 17.3. The molecule has 1 unspecified atom stereocenters. The van der Waals surface area contributed by atoms with Gasteiger partial charge in [-0.1, -0.05) is 26.0 Å². The van der Waals surface area contributed by atoms with Crippen LogP contribution in [0.5, 0.6) is 0 Å². The summed E-state index contributed by atoms with van der Waals surface area (Å²) in [5.41, 5.74) is 1.05. The van der Waals surface area contributed by atoms with Crippen molar-refractivity contribution in [2.45, 2.75) is 45.7 Å². The molecule has 0 bridgehead atoms. The Bertz CT molecular complexity index is 858. The molecule has 3 heterocycles. The highest BCUT2D eigenvalue weighted by Crippen LogP contribution is 2.21. The monoisotopic (exact) mass is 411 g/mol. The minimum Gasteiger partial charge on any atom is -0.355 e. The molecule has 0 spiro atoms. The van der Waals surface area contributed by atoms with Crippen molar-refractivity contribution >= 4 is 17.3 Å². The maximum atomic E-state index is 4.80. The van der Waals surface area contributed by atoms with E-state index in [1.807, 2.05) is 24.4 Å². The maximum Gasteiger partial charge on any atom is 0.191 e. The number of aryl methyl sites for hydroxylation is 1. The Morgan fingerprint density at radius 1 is 1.24 bits per heavy atom. The molecule has 0 amide bonds. The highest BCUT2D eigenvalue weighted by molar-refractivity contribution is 7.10. The molecule has 0 radical (unpaired) electrons. The Labute approximate surface area is 176 Å². The first-order chi connectivity index (χ1) is 14.3. The van der Waals surface area contributed by atoms with Gasteiger partial charge in [0.1, 0.15) is 12.2 Å². The molecule has 154 valence electrons. The Morgan fingerprint density at radius 3 is 2.90 bits per heavy atom. The number of aromatic nitrogens is 4. The molecule has 0 aliphatic rings. The van der Waals surface area contributed by atoms with Crippen LogP contribution in [0.4, 0.5) is 0 Å². The highest BCUT2D eigenvalue weighted by Gasteiger charge is 2.12. The van der Waals surface area contributed by atoms with Crippen molar-refractivity contribution in [2.75, 3.05) is 13.1 Å². The third-order valence-electron chi connectivity index (χ3n) is 4.63. The summed E-state index contributed by atoms with van der Waals surface area (Å²) in [5.74, 6) is 1.82. The molecule has 0 aliphatic heterocycles. The van der Waals surface area contributed by atoms with Gasteiger partial charge in [-0.3, -0.25) is 9.98 Å². The molecule has 0 aliphatic carbocycles. The van der Waals surface area contributed by atoms with E-state index in [0.717, 1.165) is 49.8 Å². The van der Waals surface area contributed by atoms with E-state index in [-0.39, 0.29) is 6.04 Å². The fourth-order valence-corrected chi connectivity index (χ4v) is 3.91. The maximum absolute atomic E-state index is 4.80. The molecule has 1 atom stereocenters. The van der Waals surface area contributed by atoms with Gasteiger partial charge in [-0.05, 0) is 30.0 Å². The SMILES string of the molecule is CCc1nncn1CCNC(=NCCc1ccccn1)NC(CC)c1cccs1. The molecule has 29 heavy (non-hydrogen) atoms. The van der Waals surface area contributed by atoms with Gasteiger partial charge in [0.15, 0.2) is 5.96 Å². The Kier molecular flexibility index (Phi) is 8.18. The van der Waals surface area contributed by atoms with E-state index in [4.69, 9.17) is 4.99 Å². The summed E-state index contributed by atoms with van der Waals surface area (Å²) in [4.78, 5) is 10.5. The number of aliphatic imine (C=N–C) groups is 1. The standard InChI is InChI=1S/C21H29N7S/c1-3-18(19-9-7-15-29-19)26-21(23-12-10-17-8-5-6-11-22-17)24-13-14-28-16-25-27-20(28)4-2/h5-9,11,15-16,18H,3-4,10,12-14H2,1-2H3,(H2,23,24,26). The fourth-order valence-electron chi connectivity index (χ4n) is 3.04. The zero-order valence-electron chi connectivity index (χ0n) is 17.1. The molecule has 0 aromatic carbocycles. The summed E-state index contributed by atoms with van der Waals surface area (Å²) in [6.45, 7) is 6.51. The van der Waals surface area contributed by atoms with Crippen LogP contribution in [0.2, 0.25) is 0 Å². The van der Waals surface area contributed by atoms with E-state index in [0.29, 0.717) is 6.54 Å². The molecule has 8 heteroatoms. The van der Waals surface area contributed by atoms with E-state index in [1.54, 1.807) is 17.7 Å². The lowest BCUT2D eigenvalue weighted by Gasteiger charge is -2.20. The molecule has 0 saturated carbocycles. The van der Waals surface area contributed by atoms with Crippen LogP contribution in [0.1, 0.15) is 42.7 Å². The number of hydrogen-bond donors (Lipinski definition) is 2. The van der Waals surface area contributed by atoms with Gasteiger partial charge in [-0.2, -0.15) is 0 Å². The summed E-state index contributed by atoms with van der Waals surface area (Å²) < 4.78 is 2.08. The molecule has 3 aromatic rings. The number of hydrogen-bond acceptors (Lipinski definition) is 5. The van der Waals surface area contributed by atoms with Crippen molar-refractivity contribution in [1.29, 1.82) is 0 Å². The number of guanidine groups is 1. The number of thiophene rings is 1. The molecule has 3 rings (SSSR count). The van der Waals surface area contributed by atoms with Crippen LogP contribution >= 0.6 is 11.3 Å². The number of pyridine rings is 1. The molecule has 7 nitrogen and oxygen atoms in total. The lowest BCUT2D eigenvalue weighted by Crippen LogP contribution is -2.41. The van der Waals surface area contributed by atoms with E-state index >= 15 is 0 Å². The van der Waals surface area contributed by atoms with Crippen molar-refractivity contribution in [1.82, 2.24) is 30.4 Å². The van der Waals surface area contributed by atoms with Gasteiger partial charge < -0.3 is 15.2 Å². The summed E-state index contributed by atoms with van der Waals surface area (Å²) in [6.07, 6.45) is 6.29. The van der Waals surface area contributed by atoms with Gasteiger partial charge in [0.25, 0.3) is 0 Å². The van der Waals surface area contributed by atoms with Gasteiger partial charge in [0.2, 0.25) is 0 Å². The van der Waals surface area contributed by atoms with Crippen molar-refractivity contribution in [3.8, 4) is 0 Å². The predicted octanol–water partition coefficient (Wildman–Crippen LogP) is 3.23. The summed E-state index contributed by atoms with van der Waals surface area (Å²) in [6, 6.07) is 10.5. The minimum absolute atomic E-state index is 0.247. The molecule has 2 N–H and O–H groups in total. The number of nitrogens with one attached hydrogen (secondary N) is 2. The van der Waals surface area contributed by atoms with Crippen LogP contribution in [0.3, 0.4) is 0 Å². The molecular formula is C21H29N7S. The second kappa shape index (κ2) is 11.3. The van der Waals surface area contributed by atoms with Crippen molar-refractivity contribution in [2.24, 2.45) is 4.99 Å². The van der Waals surface area contributed by atoms with Crippen LogP contribution in [-0.4, -0.2) is 38.8 Å². The highest BCUT2D eigenvalue weighted by atomic mass is 32.1. The van der Waals surface area contributed by atoms with Gasteiger partial charge >= 0.3 is 0 Å². The largest absolute Gasteiger partial charge is 0.355 e. The van der Waals surface area contributed by atoms with Crippen molar-refractivity contribution in [3.63, 3.8) is 0 Å². The smallest absolute Gasteiger partial charge is 0.191 e. The minimum atomic E-state index is 0.247. The second-order valence-electron chi connectivity index (χ2n) is 6.64. The fraction of sp³-hybridized carbons (Fsp3) is 0.429. The third-order valence-corrected chi connectivity index (χ3v) is 5.61. The molecular weight excluding hydrogens is 382 g/mol. The van der Waals surface area contributed by atoms with Gasteiger partial charge in [0, 0.05) is 49.2 Å². The van der Waals surface area contributed by atoms with Crippen LogP contribution < -0.4 is 10.6 Å². The molecule has 3 aromatic heterocycles. The first-order valence-corrected chi connectivity index (χ1v) is 11.0. The van der Waals surface area contributed by atoms with Gasteiger partial charge in [0.05, 0.1) is 6.04 Å². The van der Waals surface area contributed by atoms with E-state index < -0.39 is 0 Å².